The maximum Gasteiger partial charge on any atom is 0.248 e. The van der Waals surface area contributed by atoms with E-state index in [4.69, 9.17) is 15.0 Å². The fraction of sp³-hybridized carbons (Fsp3) is 0. The molecule has 5 nitrogen and oxygen atoms in total. The highest BCUT2D eigenvalue weighted by Gasteiger charge is 2.35. The summed E-state index contributed by atoms with van der Waals surface area (Å²) in [5, 5.41) is 2.36. The van der Waals surface area contributed by atoms with Crippen LogP contribution in [0.3, 0.4) is 0 Å². The molecule has 0 fully saturated rings. The first-order valence-electron chi connectivity index (χ1n) is 13.6. The summed E-state index contributed by atoms with van der Waals surface area (Å²) in [5.41, 5.74) is 8.48. The lowest BCUT2D eigenvalue weighted by atomic mass is 9.90. The van der Waals surface area contributed by atoms with Crippen molar-refractivity contribution in [3.05, 3.63) is 140 Å². The van der Waals surface area contributed by atoms with E-state index >= 15 is 0 Å². The normalized spacial score (nSPS) is 13.6. The second-order valence-electron chi connectivity index (χ2n) is 10.1. The van der Waals surface area contributed by atoms with Gasteiger partial charge in [-0.3, -0.25) is 0 Å². The molecule has 0 radical (unpaired) electrons. The van der Waals surface area contributed by atoms with Gasteiger partial charge in [-0.25, -0.2) is 14.9 Å². The third-order valence-electron chi connectivity index (χ3n) is 7.68. The van der Waals surface area contributed by atoms with E-state index in [1.807, 2.05) is 48.7 Å². The van der Waals surface area contributed by atoms with Gasteiger partial charge in [0.05, 0.1) is 16.6 Å². The van der Waals surface area contributed by atoms with E-state index in [0.717, 1.165) is 50.2 Å². The molecule has 0 amide bonds. The lowest BCUT2D eigenvalue weighted by Gasteiger charge is -2.26. The number of fused-ring (bicyclic) bond motifs is 2. The number of hydrogen-bond donors (Lipinski definition) is 1. The Hall–Kier alpha value is -5.52. The van der Waals surface area contributed by atoms with Crippen molar-refractivity contribution in [3.8, 4) is 44.9 Å². The van der Waals surface area contributed by atoms with E-state index in [1.165, 1.54) is 21.9 Å². The number of aromatic nitrogens is 4. The van der Waals surface area contributed by atoms with E-state index < -0.39 is 0 Å². The van der Waals surface area contributed by atoms with Gasteiger partial charge < -0.3 is 0 Å². The van der Waals surface area contributed by atoms with Gasteiger partial charge in [-0.05, 0) is 28.6 Å². The SMILES string of the molecule is c1ccc(-c2cc3c4c(cccc4c2)[NH+](c2cc(-c4ccccc4)nc(-c4ccccc4)n2)c2ncncc2-3)cc1. The molecule has 0 saturated carbocycles. The van der Waals surface area contributed by atoms with Gasteiger partial charge in [-0.1, -0.05) is 103 Å². The Labute approximate surface area is 237 Å². The first kappa shape index (κ1) is 23.4. The quantitative estimate of drug-likeness (QED) is 0.257. The number of nitrogens with one attached hydrogen (secondary N) is 1. The molecule has 0 aliphatic carbocycles. The largest absolute Gasteiger partial charge is 0.248 e. The monoisotopic (exact) mass is 526 g/mol. The first-order valence-corrected chi connectivity index (χ1v) is 13.6. The second kappa shape index (κ2) is 9.59. The van der Waals surface area contributed by atoms with Gasteiger partial charge in [0.2, 0.25) is 11.6 Å². The highest BCUT2D eigenvalue weighted by atomic mass is 15.3. The van der Waals surface area contributed by atoms with Crippen molar-refractivity contribution >= 4 is 28.1 Å². The molecule has 1 N–H and O–H groups in total. The van der Waals surface area contributed by atoms with Crippen molar-refractivity contribution in [2.24, 2.45) is 0 Å². The molecule has 0 spiro atoms. The molecule has 8 rings (SSSR count). The molecule has 5 heteroatoms. The first-order chi connectivity index (χ1) is 20.3. The van der Waals surface area contributed by atoms with Crippen LogP contribution in [0.25, 0.3) is 55.7 Å². The molecule has 3 heterocycles. The molecular formula is C36H24N5+. The zero-order valence-electron chi connectivity index (χ0n) is 22.1. The average molecular weight is 527 g/mol. The Kier molecular flexibility index (Phi) is 5.47. The Morgan fingerprint density at radius 2 is 1.24 bits per heavy atom. The predicted octanol–water partition coefficient (Wildman–Crippen LogP) is 7.58. The Balaban J connectivity index is 1.41. The van der Waals surface area contributed by atoms with Gasteiger partial charge in [0.25, 0.3) is 0 Å². The van der Waals surface area contributed by atoms with Crippen LogP contribution >= 0.6 is 0 Å². The van der Waals surface area contributed by atoms with Gasteiger partial charge in [0, 0.05) is 35.0 Å². The Bertz CT molecular complexity index is 1980. The van der Waals surface area contributed by atoms with Crippen molar-refractivity contribution in [1.82, 2.24) is 19.9 Å². The topological polar surface area (TPSA) is 56.0 Å². The van der Waals surface area contributed by atoms with Gasteiger partial charge >= 0.3 is 0 Å². The van der Waals surface area contributed by atoms with Crippen LogP contribution in [0.4, 0.5) is 17.3 Å². The van der Waals surface area contributed by atoms with Crippen LogP contribution < -0.4 is 4.90 Å². The molecule has 1 aliphatic rings. The van der Waals surface area contributed by atoms with E-state index in [2.05, 4.69) is 89.9 Å². The average Bonchev–Trinajstić information content (AvgIpc) is 3.06. The number of nitrogens with zero attached hydrogens (tertiary/aromatic N) is 4. The molecule has 41 heavy (non-hydrogen) atoms. The molecule has 1 atom stereocenters. The summed E-state index contributed by atoms with van der Waals surface area (Å²) in [5.74, 6) is 2.40. The summed E-state index contributed by atoms with van der Waals surface area (Å²) in [4.78, 5) is 20.5. The van der Waals surface area contributed by atoms with E-state index in [-0.39, 0.29) is 0 Å². The molecule has 1 unspecified atom stereocenters. The predicted molar refractivity (Wildman–Crippen MR) is 163 cm³/mol. The number of rotatable bonds is 4. The molecule has 5 aromatic carbocycles. The summed E-state index contributed by atoms with van der Waals surface area (Å²) in [6.07, 6.45) is 3.56. The summed E-state index contributed by atoms with van der Waals surface area (Å²) in [6, 6.07) is 44.1. The molecule has 192 valence electrons. The molecule has 2 aromatic heterocycles. The van der Waals surface area contributed by atoms with Crippen LogP contribution in [-0.2, 0) is 0 Å². The molecule has 0 bridgehead atoms. The fourth-order valence-corrected chi connectivity index (χ4v) is 5.81. The minimum atomic E-state index is 0.683. The fourth-order valence-electron chi connectivity index (χ4n) is 5.81. The third-order valence-corrected chi connectivity index (χ3v) is 7.68. The van der Waals surface area contributed by atoms with E-state index in [0.29, 0.717) is 5.82 Å². The zero-order valence-corrected chi connectivity index (χ0v) is 22.1. The second-order valence-corrected chi connectivity index (χ2v) is 10.1. The maximum absolute atomic E-state index is 5.17. The highest BCUT2D eigenvalue weighted by Crippen LogP contribution is 2.42. The van der Waals surface area contributed by atoms with Crippen LogP contribution in [0.2, 0.25) is 0 Å². The third kappa shape index (κ3) is 3.99. The maximum atomic E-state index is 5.17. The minimum Gasteiger partial charge on any atom is -0.244 e. The van der Waals surface area contributed by atoms with Crippen molar-refractivity contribution in [2.75, 3.05) is 0 Å². The van der Waals surface area contributed by atoms with Gasteiger partial charge in [0.1, 0.15) is 6.33 Å². The standard InChI is InChI=1S/C36H23N5/c1-4-11-24(12-5-1)28-19-27-17-10-18-32-34(27)29(20-28)30-22-37-23-38-36(30)41(32)33-21-31(25-13-6-2-7-14-25)39-35(40-33)26-15-8-3-9-16-26/h1-23H/p+1. The Morgan fingerprint density at radius 1 is 0.537 bits per heavy atom. The van der Waals surface area contributed by atoms with Crippen LogP contribution in [0.5, 0.6) is 0 Å². The lowest BCUT2D eigenvalue weighted by molar-refractivity contribution is -0.686. The summed E-state index contributed by atoms with van der Waals surface area (Å²) in [6.45, 7) is 0. The summed E-state index contributed by atoms with van der Waals surface area (Å²) in [7, 11) is 0. The number of hydrogen-bond acceptors (Lipinski definition) is 4. The van der Waals surface area contributed by atoms with Gasteiger partial charge in [0.15, 0.2) is 11.5 Å². The van der Waals surface area contributed by atoms with E-state index in [1.54, 1.807) is 6.33 Å². The summed E-state index contributed by atoms with van der Waals surface area (Å²) < 4.78 is 0. The van der Waals surface area contributed by atoms with Crippen molar-refractivity contribution < 1.29 is 4.90 Å². The Morgan fingerprint density at radius 3 is 2.00 bits per heavy atom. The van der Waals surface area contributed by atoms with Crippen molar-refractivity contribution in [1.29, 1.82) is 0 Å². The molecule has 7 aromatic rings. The van der Waals surface area contributed by atoms with Gasteiger partial charge in [-0.15, -0.1) is 0 Å². The van der Waals surface area contributed by atoms with Crippen molar-refractivity contribution in [3.63, 3.8) is 0 Å². The minimum absolute atomic E-state index is 0.683. The highest BCUT2D eigenvalue weighted by molar-refractivity contribution is 6.08. The molecule has 1 aliphatic heterocycles. The van der Waals surface area contributed by atoms with Crippen LogP contribution in [0.15, 0.2) is 140 Å². The smallest absolute Gasteiger partial charge is 0.244 e. The zero-order chi connectivity index (χ0) is 27.2. The van der Waals surface area contributed by atoms with Crippen LogP contribution in [0.1, 0.15) is 0 Å². The van der Waals surface area contributed by atoms with Crippen LogP contribution in [0, 0.1) is 0 Å². The number of benzene rings is 5. The van der Waals surface area contributed by atoms with Crippen molar-refractivity contribution in [2.45, 2.75) is 0 Å². The lowest BCUT2D eigenvalue weighted by Crippen LogP contribution is -2.98. The summed E-state index contributed by atoms with van der Waals surface area (Å²) >= 11 is 0. The van der Waals surface area contributed by atoms with Crippen LogP contribution in [-0.4, -0.2) is 19.9 Å². The molecule has 0 saturated heterocycles. The molecular weight excluding hydrogens is 502 g/mol. The number of quaternary nitrogens is 1. The van der Waals surface area contributed by atoms with Gasteiger partial charge in [-0.2, -0.15) is 9.97 Å². The van der Waals surface area contributed by atoms with E-state index in [9.17, 15) is 0 Å².